The first-order chi connectivity index (χ1) is 11.6. The predicted octanol–water partition coefficient (Wildman–Crippen LogP) is 8.25. The average molecular weight is 335 g/mol. The van der Waals surface area contributed by atoms with Crippen LogP contribution in [-0.2, 0) is 0 Å². The standard InChI is InChI=1S/C24H46/c1-5-19(3)11-7-8-12-21(6-2)17-22-13-9-10-14-23(18-22)24-16-15-20(24)4/h19-24H,5-18H2,1-4H3. The Bertz CT molecular complexity index is 320. The molecule has 2 fully saturated rings. The lowest BCUT2D eigenvalue weighted by molar-refractivity contribution is 0.0950. The zero-order valence-electron chi connectivity index (χ0n) is 17.4. The lowest BCUT2D eigenvalue weighted by atomic mass is 9.65. The summed E-state index contributed by atoms with van der Waals surface area (Å²) in [4.78, 5) is 0. The fraction of sp³-hybridized carbons (Fsp3) is 1.00. The Morgan fingerprint density at radius 3 is 2.25 bits per heavy atom. The SMILES string of the molecule is CCC(C)CCCCC(CC)CC1CCCCC(C2CCC2C)C1. The monoisotopic (exact) mass is 334 g/mol. The van der Waals surface area contributed by atoms with Crippen molar-refractivity contribution in [1.82, 2.24) is 0 Å². The molecule has 2 aliphatic rings. The van der Waals surface area contributed by atoms with Gasteiger partial charge in [0, 0.05) is 0 Å². The van der Waals surface area contributed by atoms with Crippen molar-refractivity contribution in [2.75, 3.05) is 0 Å². The van der Waals surface area contributed by atoms with Crippen molar-refractivity contribution in [2.45, 2.75) is 118 Å². The van der Waals surface area contributed by atoms with Crippen molar-refractivity contribution in [3.8, 4) is 0 Å². The van der Waals surface area contributed by atoms with Gasteiger partial charge in [-0.1, -0.05) is 98.3 Å². The summed E-state index contributed by atoms with van der Waals surface area (Å²) in [6.45, 7) is 9.72. The molecular weight excluding hydrogens is 288 g/mol. The van der Waals surface area contributed by atoms with Gasteiger partial charge in [-0.2, -0.15) is 0 Å². The molecule has 0 aliphatic heterocycles. The molecule has 6 unspecified atom stereocenters. The van der Waals surface area contributed by atoms with Crippen LogP contribution >= 0.6 is 0 Å². The van der Waals surface area contributed by atoms with Gasteiger partial charge in [-0.15, -0.1) is 0 Å². The smallest absolute Gasteiger partial charge is 0.0360 e. The maximum absolute atomic E-state index is 2.51. The highest BCUT2D eigenvalue weighted by Crippen LogP contribution is 2.46. The van der Waals surface area contributed by atoms with Crippen LogP contribution in [0.1, 0.15) is 118 Å². The minimum atomic E-state index is 0.942. The highest BCUT2D eigenvalue weighted by atomic mass is 14.4. The van der Waals surface area contributed by atoms with Gasteiger partial charge in [-0.25, -0.2) is 0 Å². The summed E-state index contributed by atoms with van der Waals surface area (Å²) in [6, 6.07) is 0. The zero-order chi connectivity index (χ0) is 17.4. The fourth-order valence-corrected chi connectivity index (χ4v) is 5.59. The van der Waals surface area contributed by atoms with Gasteiger partial charge in [0.05, 0.1) is 0 Å². The van der Waals surface area contributed by atoms with Crippen LogP contribution in [0, 0.1) is 35.5 Å². The van der Waals surface area contributed by atoms with Crippen LogP contribution in [0.4, 0.5) is 0 Å². The van der Waals surface area contributed by atoms with Gasteiger partial charge in [-0.3, -0.25) is 0 Å². The molecule has 2 aliphatic carbocycles. The van der Waals surface area contributed by atoms with E-state index in [1.165, 1.54) is 57.8 Å². The minimum Gasteiger partial charge on any atom is -0.0651 e. The molecule has 142 valence electrons. The van der Waals surface area contributed by atoms with Crippen LogP contribution in [0.25, 0.3) is 0 Å². The largest absolute Gasteiger partial charge is 0.0651 e. The van der Waals surface area contributed by atoms with E-state index in [1.807, 2.05) is 0 Å². The molecule has 2 rings (SSSR count). The Labute approximate surface area is 153 Å². The van der Waals surface area contributed by atoms with E-state index in [2.05, 4.69) is 27.7 Å². The molecule has 24 heavy (non-hydrogen) atoms. The van der Waals surface area contributed by atoms with Crippen LogP contribution in [0.15, 0.2) is 0 Å². The lowest BCUT2D eigenvalue weighted by Gasteiger charge is -2.41. The van der Waals surface area contributed by atoms with E-state index in [0.29, 0.717) is 0 Å². The molecule has 0 radical (unpaired) electrons. The summed E-state index contributed by atoms with van der Waals surface area (Å²) < 4.78 is 0. The summed E-state index contributed by atoms with van der Waals surface area (Å²) >= 11 is 0. The van der Waals surface area contributed by atoms with Crippen molar-refractivity contribution >= 4 is 0 Å². The zero-order valence-corrected chi connectivity index (χ0v) is 17.4. The summed E-state index contributed by atoms with van der Waals surface area (Å²) in [5.41, 5.74) is 0. The minimum absolute atomic E-state index is 0.942. The van der Waals surface area contributed by atoms with Crippen LogP contribution in [0.2, 0.25) is 0 Å². The van der Waals surface area contributed by atoms with Gasteiger partial charge in [0.2, 0.25) is 0 Å². The molecule has 0 aromatic carbocycles. The van der Waals surface area contributed by atoms with E-state index in [1.54, 1.807) is 32.1 Å². The highest BCUT2D eigenvalue weighted by Gasteiger charge is 2.35. The molecule has 0 bridgehead atoms. The Morgan fingerprint density at radius 2 is 1.62 bits per heavy atom. The van der Waals surface area contributed by atoms with E-state index < -0.39 is 0 Å². The molecule has 0 heteroatoms. The molecule has 0 saturated heterocycles. The van der Waals surface area contributed by atoms with Gasteiger partial charge >= 0.3 is 0 Å². The topological polar surface area (TPSA) is 0 Å². The third kappa shape index (κ3) is 6.38. The van der Waals surface area contributed by atoms with Crippen molar-refractivity contribution in [3.05, 3.63) is 0 Å². The molecule has 0 aromatic rings. The van der Waals surface area contributed by atoms with E-state index in [-0.39, 0.29) is 0 Å². The van der Waals surface area contributed by atoms with E-state index in [4.69, 9.17) is 0 Å². The molecule has 0 aromatic heterocycles. The second-order valence-corrected chi connectivity index (χ2v) is 9.67. The Kier molecular flexibility index (Phi) is 9.20. The highest BCUT2D eigenvalue weighted by molar-refractivity contribution is 4.86. The summed E-state index contributed by atoms with van der Waals surface area (Å²) in [5.74, 6) is 6.24. The van der Waals surface area contributed by atoms with Gasteiger partial charge in [0.1, 0.15) is 0 Å². The summed E-state index contributed by atoms with van der Waals surface area (Å²) in [7, 11) is 0. The quantitative estimate of drug-likeness (QED) is 0.278. The van der Waals surface area contributed by atoms with Crippen molar-refractivity contribution in [2.24, 2.45) is 35.5 Å². The van der Waals surface area contributed by atoms with Gasteiger partial charge < -0.3 is 0 Å². The molecule has 0 spiro atoms. The van der Waals surface area contributed by atoms with Gasteiger partial charge in [0.25, 0.3) is 0 Å². The van der Waals surface area contributed by atoms with Crippen LogP contribution in [-0.4, -0.2) is 0 Å². The predicted molar refractivity (Wildman–Crippen MR) is 108 cm³/mol. The molecule has 6 atom stereocenters. The molecular formula is C24H46. The number of unbranched alkanes of at least 4 members (excludes halogenated alkanes) is 1. The van der Waals surface area contributed by atoms with E-state index >= 15 is 0 Å². The molecule has 0 amide bonds. The van der Waals surface area contributed by atoms with Gasteiger partial charge in [0.15, 0.2) is 0 Å². The summed E-state index contributed by atoms with van der Waals surface area (Å²) in [5, 5.41) is 0. The molecule has 0 heterocycles. The fourth-order valence-electron chi connectivity index (χ4n) is 5.59. The summed E-state index contributed by atoms with van der Waals surface area (Å²) in [6.07, 6.45) is 21.0. The third-order valence-electron chi connectivity index (χ3n) is 7.87. The first-order valence-electron chi connectivity index (χ1n) is 11.6. The maximum Gasteiger partial charge on any atom is -0.0360 e. The van der Waals surface area contributed by atoms with Gasteiger partial charge in [-0.05, 0) is 54.8 Å². The molecule has 0 N–H and O–H groups in total. The number of hydrogen-bond acceptors (Lipinski definition) is 0. The van der Waals surface area contributed by atoms with E-state index in [0.717, 1.165) is 35.5 Å². The normalized spacial score (nSPS) is 33.5. The Hall–Kier alpha value is 0. The van der Waals surface area contributed by atoms with Crippen LogP contribution < -0.4 is 0 Å². The average Bonchev–Trinajstić information content (AvgIpc) is 2.81. The lowest BCUT2D eigenvalue weighted by Crippen LogP contribution is -2.31. The second kappa shape index (κ2) is 10.9. The van der Waals surface area contributed by atoms with Crippen molar-refractivity contribution in [3.63, 3.8) is 0 Å². The van der Waals surface area contributed by atoms with Crippen LogP contribution in [0.3, 0.4) is 0 Å². The third-order valence-corrected chi connectivity index (χ3v) is 7.87. The number of rotatable bonds is 10. The number of hydrogen-bond donors (Lipinski definition) is 0. The molecule has 0 nitrogen and oxygen atoms in total. The first-order valence-corrected chi connectivity index (χ1v) is 11.6. The molecule has 2 saturated carbocycles. The van der Waals surface area contributed by atoms with Crippen molar-refractivity contribution in [1.29, 1.82) is 0 Å². The maximum atomic E-state index is 2.51. The Balaban J connectivity index is 1.72. The van der Waals surface area contributed by atoms with E-state index in [9.17, 15) is 0 Å². The second-order valence-electron chi connectivity index (χ2n) is 9.67. The van der Waals surface area contributed by atoms with Crippen molar-refractivity contribution < 1.29 is 0 Å². The Morgan fingerprint density at radius 1 is 0.875 bits per heavy atom. The first kappa shape index (κ1) is 20.3. The van der Waals surface area contributed by atoms with Crippen LogP contribution in [0.5, 0.6) is 0 Å².